The zero-order valence-electron chi connectivity index (χ0n) is 17.5. The summed E-state index contributed by atoms with van der Waals surface area (Å²) in [4.78, 5) is 14.3. The van der Waals surface area contributed by atoms with E-state index in [0.29, 0.717) is 23.7 Å². The third-order valence-electron chi connectivity index (χ3n) is 5.43. The van der Waals surface area contributed by atoms with Crippen LogP contribution in [0.1, 0.15) is 69.9 Å². The van der Waals surface area contributed by atoms with Crippen LogP contribution >= 0.6 is 11.8 Å². The lowest BCUT2D eigenvalue weighted by atomic mass is 9.83. The van der Waals surface area contributed by atoms with E-state index in [1.54, 1.807) is 0 Å². The second-order valence-corrected chi connectivity index (χ2v) is 9.01. The van der Waals surface area contributed by atoms with E-state index < -0.39 is 11.6 Å². The summed E-state index contributed by atoms with van der Waals surface area (Å²) >= 11 is 1.32. The topological polar surface area (TPSA) is 46.5 Å². The first-order chi connectivity index (χ1) is 14.0. The van der Waals surface area contributed by atoms with Crippen molar-refractivity contribution in [1.82, 2.24) is 0 Å². The van der Waals surface area contributed by atoms with Crippen LogP contribution in [0.4, 0.5) is 0 Å². The van der Waals surface area contributed by atoms with Gasteiger partial charge in [-0.25, -0.2) is 4.79 Å². The minimum Gasteiger partial charge on any atom is -0.511 e. The Bertz CT molecular complexity index is 873. The molecule has 1 N–H and O–H groups in total. The minimum absolute atomic E-state index is 0.130. The van der Waals surface area contributed by atoms with Crippen molar-refractivity contribution in [2.45, 2.75) is 69.3 Å². The van der Waals surface area contributed by atoms with Gasteiger partial charge in [-0.15, -0.1) is 0 Å². The van der Waals surface area contributed by atoms with Crippen molar-refractivity contribution >= 4 is 17.7 Å². The van der Waals surface area contributed by atoms with E-state index in [0.717, 1.165) is 35.3 Å². The number of aliphatic hydroxyl groups is 1. The highest BCUT2D eigenvalue weighted by molar-refractivity contribution is 8.04. The summed E-state index contributed by atoms with van der Waals surface area (Å²) in [5.74, 6) is 0.0290. The van der Waals surface area contributed by atoms with Crippen molar-refractivity contribution in [3.63, 3.8) is 0 Å². The van der Waals surface area contributed by atoms with Gasteiger partial charge in [0.05, 0.1) is 6.42 Å². The Labute approximate surface area is 178 Å². The fraction of sp³-hybridized carbons (Fsp3) is 0.400. The Kier molecular flexibility index (Phi) is 7.07. The van der Waals surface area contributed by atoms with Crippen LogP contribution in [0.5, 0.6) is 0 Å². The van der Waals surface area contributed by atoms with Gasteiger partial charge in [-0.2, -0.15) is 0 Å². The lowest BCUT2D eigenvalue weighted by Crippen LogP contribution is -2.37. The van der Waals surface area contributed by atoms with Crippen molar-refractivity contribution in [2.24, 2.45) is 0 Å². The highest BCUT2D eigenvalue weighted by Crippen LogP contribution is 2.46. The standard InChI is InChI=1S/C25H30O3S/c1-4-5-11-16-25(19-12-7-6-8-13-19)17-21(26)23(24(27)28-25)29-22-15-10-9-14-20(22)18(2)3/h6-10,12-15,18,26H,4-5,11,16-17H2,1-3H3. The first-order valence-electron chi connectivity index (χ1n) is 10.4. The zero-order valence-corrected chi connectivity index (χ0v) is 18.3. The van der Waals surface area contributed by atoms with Crippen LogP contribution in [0.15, 0.2) is 70.2 Å². The van der Waals surface area contributed by atoms with E-state index in [1.165, 1.54) is 11.8 Å². The summed E-state index contributed by atoms with van der Waals surface area (Å²) in [5.41, 5.74) is 1.32. The van der Waals surface area contributed by atoms with Crippen molar-refractivity contribution in [3.05, 3.63) is 76.4 Å². The van der Waals surface area contributed by atoms with E-state index in [4.69, 9.17) is 4.74 Å². The van der Waals surface area contributed by atoms with E-state index in [2.05, 4.69) is 26.8 Å². The normalized spacial score (nSPS) is 19.5. The van der Waals surface area contributed by atoms with Crippen LogP contribution in [-0.2, 0) is 15.1 Å². The molecule has 0 radical (unpaired) electrons. The molecule has 0 aromatic heterocycles. The van der Waals surface area contributed by atoms with Gasteiger partial charge >= 0.3 is 5.97 Å². The Hall–Kier alpha value is -2.20. The highest BCUT2D eigenvalue weighted by atomic mass is 32.2. The Morgan fingerprint density at radius 3 is 2.41 bits per heavy atom. The molecule has 0 aliphatic carbocycles. The zero-order chi connectivity index (χ0) is 20.9. The number of cyclic esters (lactones) is 1. The average Bonchev–Trinajstić information content (AvgIpc) is 2.72. The van der Waals surface area contributed by atoms with Crippen LogP contribution in [-0.4, -0.2) is 11.1 Å². The molecule has 3 rings (SSSR count). The van der Waals surface area contributed by atoms with Gasteiger partial charge in [0, 0.05) is 4.90 Å². The number of thioether (sulfide) groups is 1. The molecule has 1 aliphatic rings. The summed E-state index contributed by atoms with van der Waals surface area (Å²) in [6, 6.07) is 17.8. The number of aliphatic hydroxyl groups excluding tert-OH is 1. The molecule has 0 spiro atoms. The van der Waals surface area contributed by atoms with E-state index >= 15 is 0 Å². The lowest BCUT2D eigenvalue weighted by molar-refractivity contribution is -0.160. The van der Waals surface area contributed by atoms with Crippen molar-refractivity contribution in [3.8, 4) is 0 Å². The largest absolute Gasteiger partial charge is 0.511 e. The van der Waals surface area contributed by atoms with Gasteiger partial charge in [-0.1, -0.05) is 93.9 Å². The molecular formula is C25H30O3S. The predicted octanol–water partition coefficient (Wildman–Crippen LogP) is 7.09. The van der Waals surface area contributed by atoms with Gasteiger partial charge in [0.1, 0.15) is 16.3 Å². The molecule has 154 valence electrons. The molecule has 3 nitrogen and oxygen atoms in total. The number of esters is 1. The van der Waals surface area contributed by atoms with Crippen molar-refractivity contribution in [1.29, 1.82) is 0 Å². The Balaban J connectivity index is 1.93. The SMILES string of the molecule is CCCCCC1(c2ccccc2)CC(O)=C(Sc2ccccc2C(C)C)C(=O)O1. The van der Waals surface area contributed by atoms with E-state index in [-0.39, 0.29) is 5.76 Å². The monoisotopic (exact) mass is 410 g/mol. The molecule has 0 fully saturated rings. The maximum Gasteiger partial charge on any atom is 0.349 e. The molecule has 1 heterocycles. The van der Waals surface area contributed by atoms with Gasteiger partial charge in [-0.3, -0.25) is 0 Å². The lowest BCUT2D eigenvalue weighted by Gasteiger charge is -2.37. The molecule has 4 heteroatoms. The van der Waals surface area contributed by atoms with Gasteiger partial charge in [-0.05, 0) is 36.0 Å². The summed E-state index contributed by atoms with van der Waals surface area (Å²) < 4.78 is 6.08. The van der Waals surface area contributed by atoms with Crippen LogP contribution in [0, 0.1) is 0 Å². The third-order valence-corrected chi connectivity index (χ3v) is 6.62. The molecule has 0 bridgehead atoms. The number of ether oxygens (including phenoxy) is 1. The first-order valence-corrected chi connectivity index (χ1v) is 11.3. The Morgan fingerprint density at radius 2 is 1.76 bits per heavy atom. The fourth-order valence-corrected chi connectivity index (χ4v) is 4.94. The second kappa shape index (κ2) is 9.53. The van der Waals surface area contributed by atoms with Gasteiger partial charge < -0.3 is 9.84 Å². The molecule has 0 amide bonds. The number of rotatable bonds is 8. The number of carbonyl (C=O) groups excluding carboxylic acids is 1. The molecular weight excluding hydrogens is 380 g/mol. The summed E-state index contributed by atoms with van der Waals surface area (Å²) in [7, 11) is 0. The number of benzene rings is 2. The molecule has 0 saturated carbocycles. The van der Waals surface area contributed by atoms with Crippen LogP contribution in [0.25, 0.3) is 0 Å². The molecule has 1 atom stereocenters. The molecule has 29 heavy (non-hydrogen) atoms. The number of hydrogen-bond acceptors (Lipinski definition) is 4. The third kappa shape index (κ3) is 4.87. The summed E-state index contributed by atoms with van der Waals surface area (Å²) in [6.45, 7) is 6.41. The van der Waals surface area contributed by atoms with Crippen LogP contribution < -0.4 is 0 Å². The van der Waals surface area contributed by atoms with Crippen LogP contribution in [0.3, 0.4) is 0 Å². The van der Waals surface area contributed by atoms with Crippen molar-refractivity contribution in [2.75, 3.05) is 0 Å². The first kappa shape index (κ1) is 21.5. The number of carbonyl (C=O) groups is 1. The Morgan fingerprint density at radius 1 is 1.07 bits per heavy atom. The summed E-state index contributed by atoms with van der Waals surface area (Å²) in [6.07, 6.45) is 4.14. The highest BCUT2D eigenvalue weighted by Gasteiger charge is 2.43. The fourth-order valence-electron chi connectivity index (χ4n) is 3.84. The maximum atomic E-state index is 13.1. The van der Waals surface area contributed by atoms with Crippen LogP contribution in [0.2, 0.25) is 0 Å². The van der Waals surface area contributed by atoms with Crippen molar-refractivity contribution < 1.29 is 14.6 Å². The van der Waals surface area contributed by atoms with Gasteiger partial charge in [0.2, 0.25) is 0 Å². The second-order valence-electron chi connectivity index (χ2n) is 7.95. The van der Waals surface area contributed by atoms with Gasteiger partial charge in [0.25, 0.3) is 0 Å². The number of unbranched alkanes of at least 4 members (excludes halogenated alkanes) is 2. The molecule has 0 saturated heterocycles. The molecule has 1 aliphatic heterocycles. The minimum atomic E-state index is -0.792. The van der Waals surface area contributed by atoms with E-state index in [1.807, 2.05) is 48.5 Å². The summed E-state index contributed by atoms with van der Waals surface area (Å²) in [5, 5.41) is 10.9. The van der Waals surface area contributed by atoms with Gasteiger partial charge in [0.15, 0.2) is 0 Å². The molecule has 2 aromatic rings. The van der Waals surface area contributed by atoms with E-state index in [9.17, 15) is 9.90 Å². The molecule has 2 aromatic carbocycles. The maximum absolute atomic E-state index is 13.1. The quantitative estimate of drug-likeness (QED) is 0.372. The number of hydrogen-bond donors (Lipinski definition) is 1. The molecule has 1 unspecified atom stereocenters. The predicted molar refractivity (Wildman–Crippen MR) is 119 cm³/mol. The average molecular weight is 411 g/mol. The smallest absolute Gasteiger partial charge is 0.349 e.